The lowest BCUT2D eigenvalue weighted by Crippen LogP contribution is -2.07. The maximum absolute atomic E-state index is 4.46. The fourth-order valence-corrected chi connectivity index (χ4v) is 2.83. The van der Waals surface area contributed by atoms with Crippen molar-refractivity contribution in [2.24, 2.45) is 0 Å². The molecule has 2 aromatic heterocycles. The zero-order valence-electron chi connectivity index (χ0n) is 10.9. The third-order valence-electron chi connectivity index (χ3n) is 3.24. The summed E-state index contributed by atoms with van der Waals surface area (Å²) in [5.74, 6) is 0. The Morgan fingerprint density at radius 1 is 1.21 bits per heavy atom. The maximum Gasteiger partial charge on any atom is 0.0795 e. The number of rotatable bonds is 3. The molecule has 4 heteroatoms. The van der Waals surface area contributed by atoms with E-state index in [1.165, 1.54) is 5.56 Å². The number of nitrogens with zero attached hydrogens (tertiary/aromatic N) is 2. The molecule has 3 aromatic rings. The van der Waals surface area contributed by atoms with Gasteiger partial charge in [-0.1, -0.05) is 6.07 Å². The van der Waals surface area contributed by atoms with Crippen LogP contribution >= 0.6 is 11.3 Å². The Balaban J connectivity index is 2.00. The molecular formula is C15H15N3S. The molecule has 3 nitrogen and oxygen atoms in total. The zero-order valence-corrected chi connectivity index (χ0v) is 11.7. The van der Waals surface area contributed by atoms with Gasteiger partial charge in [0.25, 0.3) is 0 Å². The highest BCUT2D eigenvalue weighted by Gasteiger charge is 2.10. The van der Waals surface area contributed by atoms with Gasteiger partial charge in [0.05, 0.1) is 22.8 Å². The van der Waals surface area contributed by atoms with Gasteiger partial charge in [-0.15, -0.1) is 11.3 Å². The van der Waals surface area contributed by atoms with Gasteiger partial charge in [-0.2, -0.15) is 0 Å². The summed E-state index contributed by atoms with van der Waals surface area (Å²) >= 11 is 1.62. The van der Waals surface area contributed by atoms with Crippen molar-refractivity contribution in [1.29, 1.82) is 0 Å². The lowest BCUT2D eigenvalue weighted by Gasteiger charge is -2.15. The van der Waals surface area contributed by atoms with Crippen LogP contribution < -0.4 is 5.32 Å². The van der Waals surface area contributed by atoms with E-state index in [2.05, 4.69) is 52.7 Å². The van der Waals surface area contributed by atoms with Crippen molar-refractivity contribution < 1.29 is 0 Å². The quantitative estimate of drug-likeness (QED) is 0.775. The van der Waals surface area contributed by atoms with Crippen LogP contribution in [0.3, 0.4) is 0 Å². The minimum Gasteiger partial charge on any atom is -0.376 e. The number of hydrogen-bond donors (Lipinski definition) is 1. The Bertz CT molecular complexity index is 692. The van der Waals surface area contributed by atoms with E-state index in [1.807, 2.05) is 17.8 Å². The third-order valence-corrected chi connectivity index (χ3v) is 3.84. The van der Waals surface area contributed by atoms with E-state index in [1.54, 1.807) is 11.3 Å². The Morgan fingerprint density at radius 2 is 2.11 bits per heavy atom. The molecule has 0 radical (unpaired) electrons. The number of aryl methyl sites for hydroxylation is 1. The predicted octanol–water partition coefficient (Wildman–Crippen LogP) is 4.17. The van der Waals surface area contributed by atoms with E-state index >= 15 is 0 Å². The zero-order chi connectivity index (χ0) is 13.2. The second kappa shape index (κ2) is 4.97. The molecule has 96 valence electrons. The van der Waals surface area contributed by atoms with Gasteiger partial charge in [-0.05, 0) is 37.6 Å². The molecule has 0 saturated carbocycles. The first-order valence-electron chi connectivity index (χ1n) is 6.24. The first kappa shape index (κ1) is 12.1. The second-order valence-electron chi connectivity index (χ2n) is 4.61. The van der Waals surface area contributed by atoms with E-state index in [4.69, 9.17) is 0 Å². The van der Waals surface area contributed by atoms with Crippen molar-refractivity contribution >= 4 is 27.9 Å². The Hall–Kier alpha value is -1.94. The van der Waals surface area contributed by atoms with Crippen LogP contribution in [0.25, 0.3) is 10.9 Å². The van der Waals surface area contributed by atoms with Crippen LogP contribution in [0.1, 0.15) is 24.2 Å². The van der Waals surface area contributed by atoms with Gasteiger partial charge in [0, 0.05) is 22.7 Å². The lowest BCUT2D eigenvalue weighted by atomic mass is 10.1. The molecule has 0 bridgehead atoms. The summed E-state index contributed by atoms with van der Waals surface area (Å²) in [5.41, 5.74) is 6.29. The first-order valence-corrected chi connectivity index (χ1v) is 7.19. The number of nitrogens with one attached hydrogen (secondary N) is 1. The molecule has 1 N–H and O–H groups in total. The molecule has 0 spiro atoms. The molecule has 1 unspecified atom stereocenters. The average Bonchev–Trinajstić information content (AvgIpc) is 2.96. The topological polar surface area (TPSA) is 37.8 Å². The van der Waals surface area contributed by atoms with E-state index < -0.39 is 0 Å². The molecule has 3 rings (SSSR count). The summed E-state index contributed by atoms with van der Waals surface area (Å²) < 4.78 is 0. The number of pyridine rings is 1. The van der Waals surface area contributed by atoms with Crippen molar-refractivity contribution in [3.05, 3.63) is 52.6 Å². The monoisotopic (exact) mass is 269 g/mol. The third kappa shape index (κ3) is 2.31. The van der Waals surface area contributed by atoms with Crippen molar-refractivity contribution in [1.82, 2.24) is 9.97 Å². The number of benzene rings is 1. The Kier molecular flexibility index (Phi) is 3.17. The summed E-state index contributed by atoms with van der Waals surface area (Å²) in [6.07, 6.45) is 1.84. The second-order valence-corrected chi connectivity index (χ2v) is 5.33. The van der Waals surface area contributed by atoms with Crippen LogP contribution in [-0.4, -0.2) is 9.97 Å². The minimum atomic E-state index is 0.192. The van der Waals surface area contributed by atoms with Gasteiger partial charge in [-0.25, -0.2) is 4.98 Å². The SMILES string of the molecule is Cc1ccc(NC(C)c2cscn2)c2cccnc12. The van der Waals surface area contributed by atoms with Crippen molar-refractivity contribution in [2.45, 2.75) is 19.9 Å². The van der Waals surface area contributed by atoms with E-state index in [-0.39, 0.29) is 6.04 Å². The van der Waals surface area contributed by atoms with Crippen molar-refractivity contribution in [3.8, 4) is 0 Å². The molecule has 2 heterocycles. The van der Waals surface area contributed by atoms with Crippen molar-refractivity contribution in [3.63, 3.8) is 0 Å². The molecule has 19 heavy (non-hydrogen) atoms. The van der Waals surface area contributed by atoms with Gasteiger partial charge in [-0.3, -0.25) is 4.98 Å². The Labute approximate surface area is 116 Å². The van der Waals surface area contributed by atoms with Gasteiger partial charge in [0.2, 0.25) is 0 Å². The van der Waals surface area contributed by atoms with Crippen LogP contribution in [0.15, 0.2) is 41.4 Å². The molecule has 0 aliphatic rings. The van der Waals surface area contributed by atoms with Gasteiger partial charge in [0.1, 0.15) is 0 Å². The molecule has 0 saturated heterocycles. The maximum atomic E-state index is 4.46. The summed E-state index contributed by atoms with van der Waals surface area (Å²) in [6.45, 7) is 4.21. The van der Waals surface area contributed by atoms with Crippen LogP contribution in [0, 0.1) is 6.92 Å². The van der Waals surface area contributed by atoms with Crippen molar-refractivity contribution in [2.75, 3.05) is 5.32 Å². The average molecular weight is 269 g/mol. The molecule has 1 aromatic carbocycles. The highest BCUT2D eigenvalue weighted by molar-refractivity contribution is 7.07. The fourth-order valence-electron chi connectivity index (χ4n) is 2.18. The number of fused-ring (bicyclic) bond motifs is 1. The normalized spacial score (nSPS) is 12.5. The molecule has 0 amide bonds. The van der Waals surface area contributed by atoms with Crippen LogP contribution in [0.4, 0.5) is 5.69 Å². The van der Waals surface area contributed by atoms with Gasteiger partial charge in [0.15, 0.2) is 0 Å². The number of anilines is 1. The van der Waals surface area contributed by atoms with Crippen LogP contribution in [-0.2, 0) is 0 Å². The minimum absolute atomic E-state index is 0.192. The largest absolute Gasteiger partial charge is 0.376 e. The Morgan fingerprint density at radius 3 is 2.89 bits per heavy atom. The summed E-state index contributed by atoms with van der Waals surface area (Å²) in [7, 11) is 0. The van der Waals surface area contributed by atoms with E-state index in [9.17, 15) is 0 Å². The molecule has 0 fully saturated rings. The highest BCUT2D eigenvalue weighted by Crippen LogP contribution is 2.27. The summed E-state index contributed by atoms with van der Waals surface area (Å²) in [6, 6.07) is 8.48. The molecule has 0 aliphatic heterocycles. The fraction of sp³-hybridized carbons (Fsp3) is 0.200. The van der Waals surface area contributed by atoms with E-state index in [0.29, 0.717) is 0 Å². The highest BCUT2D eigenvalue weighted by atomic mass is 32.1. The molecule has 1 atom stereocenters. The van der Waals surface area contributed by atoms with Gasteiger partial charge < -0.3 is 5.32 Å². The standard InChI is InChI=1S/C15H15N3S/c1-10-5-6-13(12-4-3-7-16-15(10)12)18-11(2)14-8-19-9-17-14/h3-9,11,18H,1-2H3. The van der Waals surface area contributed by atoms with Gasteiger partial charge >= 0.3 is 0 Å². The summed E-state index contributed by atoms with van der Waals surface area (Å²) in [5, 5.41) is 6.75. The van der Waals surface area contributed by atoms with E-state index in [0.717, 1.165) is 22.3 Å². The predicted molar refractivity (Wildman–Crippen MR) is 80.6 cm³/mol. The smallest absolute Gasteiger partial charge is 0.0795 e. The number of thiazole rings is 1. The molecule has 0 aliphatic carbocycles. The number of hydrogen-bond acceptors (Lipinski definition) is 4. The van der Waals surface area contributed by atoms with Crippen LogP contribution in [0.5, 0.6) is 0 Å². The summed E-state index contributed by atoms with van der Waals surface area (Å²) in [4.78, 5) is 8.81. The number of aromatic nitrogens is 2. The first-order chi connectivity index (χ1) is 9.25. The molecular weight excluding hydrogens is 254 g/mol. The van der Waals surface area contributed by atoms with Crippen LogP contribution in [0.2, 0.25) is 0 Å². The lowest BCUT2D eigenvalue weighted by molar-refractivity contribution is 0.852.